The number of hydrogen-bond acceptors (Lipinski definition) is 6. The Hall–Kier alpha value is -3.09. The van der Waals surface area contributed by atoms with Crippen molar-refractivity contribution < 1.29 is 23.8 Å². The molecule has 1 amide bonds. The highest BCUT2D eigenvalue weighted by atomic mass is 16.5. The number of ketones is 1. The summed E-state index contributed by atoms with van der Waals surface area (Å²) in [5.41, 5.74) is 0.304. The predicted octanol–water partition coefficient (Wildman–Crippen LogP) is 5.75. The minimum atomic E-state index is -0.851. The first-order valence-electron chi connectivity index (χ1n) is 11.0. The largest absolute Gasteiger partial charge is 0.507 e. The van der Waals surface area contributed by atoms with Crippen LogP contribution in [0.15, 0.2) is 50.9 Å². The highest BCUT2D eigenvalue weighted by Crippen LogP contribution is 2.26. The molecule has 1 unspecified atom stereocenters. The number of unbranched alkanes of at least 4 members (excludes halogenated alkanes) is 2. The molecule has 0 spiro atoms. The van der Waals surface area contributed by atoms with Crippen LogP contribution in [-0.2, 0) is 4.74 Å². The van der Waals surface area contributed by atoms with Crippen molar-refractivity contribution in [3.8, 4) is 5.75 Å². The van der Waals surface area contributed by atoms with Crippen molar-refractivity contribution >= 4 is 11.9 Å². The zero-order chi connectivity index (χ0) is 24.1. The summed E-state index contributed by atoms with van der Waals surface area (Å²) in [5, 5.41) is 12.8. The number of carbonyl (C=O) groups is 2. The average Bonchev–Trinajstić information content (AvgIpc) is 2.76. The summed E-state index contributed by atoms with van der Waals surface area (Å²) >= 11 is 0. The predicted molar refractivity (Wildman–Crippen MR) is 125 cm³/mol. The molecule has 0 fully saturated rings. The molecule has 0 radical (unpaired) electrons. The number of methoxy groups -OCH3 is 1. The van der Waals surface area contributed by atoms with E-state index >= 15 is 0 Å². The first-order chi connectivity index (χ1) is 15.2. The van der Waals surface area contributed by atoms with E-state index in [1.807, 2.05) is 19.9 Å². The Balaban J connectivity index is 2.85. The van der Waals surface area contributed by atoms with Gasteiger partial charge in [0.2, 0.25) is 0 Å². The van der Waals surface area contributed by atoms with Gasteiger partial charge in [-0.2, -0.15) is 0 Å². The lowest BCUT2D eigenvalue weighted by atomic mass is 9.99. The smallest absolute Gasteiger partial charge is 0.410 e. The number of rotatable bonds is 12. The molecule has 0 aliphatic heterocycles. The Morgan fingerprint density at radius 2 is 1.97 bits per heavy atom. The Morgan fingerprint density at radius 3 is 2.59 bits per heavy atom. The van der Waals surface area contributed by atoms with E-state index in [4.69, 9.17) is 4.42 Å². The van der Waals surface area contributed by atoms with Crippen LogP contribution in [-0.4, -0.2) is 24.1 Å². The normalized spacial score (nSPS) is 13.3. The summed E-state index contributed by atoms with van der Waals surface area (Å²) in [6, 6.07) is 1.33. The SMILES string of the molecule is CCCCC/C(C)=C/C=C(\C)C(=O)c1c(O)cc(C(C)CC/C=C/NC(=O)OC)oc1=O. The van der Waals surface area contributed by atoms with Crippen LogP contribution >= 0.6 is 0 Å². The summed E-state index contributed by atoms with van der Waals surface area (Å²) in [5.74, 6) is -0.810. The third-order valence-electron chi connectivity index (χ3n) is 5.08. The summed E-state index contributed by atoms with van der Waals surface area (Å²) in [6.07, 6.45) is 11.8. The molecule has 0 saturated carbocycles. The molecule has 0 aliphatic carbocycles. The number of ether oxygens (including phenoxy) is 1. The van der Waals surface area contributed by atoms with Crippen LogP contribution in [0.1, 0.15) is 88.3 Å². The molecule has 1 aromatic heterocycles. The van der Waals surface area contributed by atoms with Gasteiger partial charge in [-0.05, 0) is 45.1 Å². The Labute approximate surface area is 189 Å². The van der Waals surface area contributed by atoms with Crippen LogP contribution in [0, 0.1) is 0 Å². The van der Waals surface area contributed by atoms with Crippen molar-refractivity contribution in [3.05, 3.63) is 63.4 Å². The Kier molecular flexibility index (Phi) is 11.8. The molecule has 0 aromatic carbocycles. The molecule has 1 rings (SSSR count). The van der Waals surface area contributed by atoms with Gasteiger partial charge < -0.3 is 14.3 Å². The van der Waals surface area contributed by atoms with E-state index in [1.54, 1.807) is 19.1 Å². The number of alkyl carbamates (subject to hydrolysis) is 1. The standard InChI is InChI=1S/C25H35NO6/c1-6-7-8-11-17(2)13-14-19(4)23(28)22-20(27)16-21(32-24(22)29)18(3)12-9-10-15-26-25(30)31-5/h10,13-16,18,27H,6-9,11-12H2,1-5H3,(H,26,30)/b15-10+,17-13+,19-14+. The van der Waals surface area contributed by atoms with Gasteiger partial charge in [0.15, 0.2) is 5.78 Å². The molecule has 1 aromatic rings. The fourth-order valence-corrected chi connectivity index (χ4v) is 2.99. The van der Waals surface area contributed by atoms with E-state index in [2.05, 4.69) is 17.0 Å². The van der Waals surface area contributed by atoms with Gasteiger partial charge in [-0.3, -0.25) is 10.1 Å². The minimum Gasteiger partial charge on any atom is -0.507 e. The van der Waals surface area contributed by atoms with E-state index in [0.717, 1.165) is 31.3 Å². The van der Waals surface area contributed by atoms with Crippen molar-refractivity contribution in [2.45, 2.75) is 72.1 Å². The van der Waals surface area contributed by atoms with Gasteiger partial charge in [-0.1, -0.05) is 50.5 Å². The number of amides is 1. The van der Waals surface area contributed by atoms with Gasteiger partial charge in [-0.15, -0.1) is 0 Å². The molecule has 1 heterocycles. The number of aromatic hydroxyl groups is 1. The van der Waals surface area contributed by atoms with Gasteiger partial charge >= 0.3 is 11.7 Å². The van der Waals surface area contributed by atoms with Crippen LogP contribution in [0.25, 0.3) is 0 Å². The van der Waals surface area contributed by atoms with Gasteiger partial charge in [0.25, 0.3) is 0 Å². The number of Topliss-reactive ketones (excluding diaryl/α,β-unsaturated/α-hetero) is 1. The fourth-order valence-electron chi connectivity index (χ4n) is 2.99. The molecule has 32 heavy (non-hydrogen) atoms. The molecular formula is C25H35NO6. The van der Waals surface area contributed by atoms with Crippen LogP contribution in [0.5, 0.6) is 5.75 Å². The zero-order valence-corrected chi connectivity index (χ0v) is 19.7. The lowest BCUT2D eigenvalue weighted by Gasteiger charge is -2.11. The zero-order valence-electron chi connectivity index (χ0n) is 19.7. The van der Waals surface area contributed by atoms with Gasteiger partial charge in [0.1, 0.15) is 17.1 Å². The third kappa shape index (κ3) is 8.96. The number of carbonyl (C=O) groups excluding carboxylic acids is 2. The Bertz CT molecular complexity index is 923. The van der Waals surface area contributed by atoms with E-state index in [9.17, 15) is 19.5 Å². The summed E-state index contributed by atoms with van der Waals surface area (Å²) in [6.45, 7) is 7.61. The van der Waals surface area contributed by atoms with Crippen molar-refractivity contribution in [2.24, 2.45) is 0 Å². The van der Waals surface area contributed by atoms with Crippen LogP contribution in [0.4, 0.5) is 4.79 Å². The quantitative estimate of drug-likeness (QED) is 0.183. The second-order valence-electron chi connectivity index (χ2n) is 7.86. The summed E-state index contributed by atoms with van der Waals surface area (Å²) in [4.78, 5) is 36.1. The number of nitrogens with one attached hydrogen (secondary N) is 1. The highest BCUT2D eigenvalue weighted by Gasteiger charge is 2.21. The van der Waals surface area contributed by atoms with Crippen molar-refractivity contribution in [1.29, 1.82) is 0 Å². The summed E-state index contributed by atoms with van der Waals surface area (Å²) in [7, 11) is 1.28. The van der Waals surface area contributed by atoms with Crippen LogP contribution < -0.4 is 10.9 Å². The molecule has 176 valence electrons. The second-order valence-corrected chi connectivity index (χ2v) is 7.86. The fraction of sp³-hybridized carbons (Fsp3) is 0.480. The maximum atomic E-state index is 12.7. The van der Waals surface area contributed by atoms with Crippen molar-refractivity contribution in [3.63, 3.8) is 0 Å². The first kappa shape index (κ1) is 26.9. The third-order valence-corrected chi connectivity index (χ3v) is 5.08. The molecule has 0 aliphatic rings. The topological polar surface area (TPSA) is 106 Å². The summed E-state index contributed by atoms with van der Waals surface area (Å²) < 4.78 is 9.79. The van der Waals surface area contributed by atoms with Crippen LogP contribution in [0.2, 0.25) is 0 Å². The van der Waals surface area contributed by atoms with E-state index in [-0.39, 0.29) is 17.2 Å². The van der Waals surface area contributed by atoms with E-state index in [1.165, 1.54) is 19.4 Å². The second kappa shape index (κ2) is 14.1. The molecule has 0 saturated heterocycles. The molecule has 2 N–H and O–H groups in total. The lowest BCUT2D eigenvalue weighted by Crippen LogP contribution is -2.16. The van der Waals surface area contributed by atoms with Gasteiger partial charge in [0, 0.05) is 18.2 Å². The lowest BCUT2D eigenvalue weighted by molar-refractivity contribution is 0.102. The Morgan fingerprint density at radius 1 is 1.25 bits per heavy atom. The molecule has 7 heteroatoms. The van der Waals surface area contributed by atoms with Crippen molar-refractivity contribution in [1.82, 2.24) is 5.32 Å². The van der Waals surface area contributed by atoms with Gasteiger partial charge in [0.05, 0.1) is 7.11 Å². The van der Waals surface area contributed by atoms with E-state index < -0.39 is 17.5 Å². The molecule has 1 atom stereocenters. The highest BCUT2D eigenvalue weighted by molar-refractivity contribution is 6.09. The molecule has 7 nitrogen and oxygen atoms in total. The number of hydrogen-bond donors (Lipinski definition) is 2. The molecular weight excluding hydrogens is 410 g/mol. The maximum Gasteiger partial charge on any atom is 0.410 e. The maximum absolute atomic E-state index is 12.7. The minimum absolute atomic E-state index is 0.175. The average molecular weight is 446 g/mol. The monoisotopic (exact) mass is 445 g/mol. The van der Waals surface area contributed by atoms with Crippen molar-refractivity contribution in [2.75, 3.05) is 7.11 Å². The molecule has 0 bridgehead atoms. The number of allylic oxidation sites excluding steroid dienone is 5. The first-order valence-corrected chi connectivity index (χ1v) is 11.0. The van der Waals surface area contributed by atoms with Crippen LogP contribution in [0.3, 0.4) is 0 Å². The van der Waals surface area contributed by atoms with Gasteiger partial charge in [-0.25, -0.2) is 9.59 Å². The van der Waals surface area contributed by atoms with E-state index in [0.29, 0.717) is 24.2 Å².